The standard InChI is InChI=1S/C16H12S2/c17-16-15(10-11-18-16)14-9-5-4-8-13(14)12-6-2-1-3-7-12/h1-11,17H. The Morgan fingerprint density at radius 2 is 1.33 bits per heavy atom. The van der Waals surface area contributed by atoms with Gasteiger partial charge in [0.1, 0.15) is 0 Å². The van der Waals surface area contributed by atoms with Crippen molar-refractivity contribution in [1.82, 2.24) is 0 Å². The van der Waals surface area contributed by atoms with E-state index in [1.807, 2.05) is 6.07 Å². The van der Waals surface area contributed by atoms with Crippen LogP contribution in [0.2, 0.25) is 0 Å². The molecule has 2 heteroatoms. The third kappa shape index (κ3) is 2.09. The van der Waals surface area contributed by atoms with Crippen molar-refractivity contribution in [1.29, 1.82) is 0 Å². The molecule has 0 aliphatic carbocycles. The highest BCUT2D eigenvalue weighted by Gasteiger charge is 2.09. The molecule has 2 aromatic carbocycles. The fourth-order valence-electron chi connectivity index (χ4n) is 2.09. The molecule has 18 heavy (non-hydrogen) atoms. The van der Waals surface area contributed by atoms with E-state index in [2.05, 4.69) is 72.6 Å². The highest BCUT2D eigenvalue weighted by Crippen LogP contribution is 2.37. The zero-order chi connectivity index (χ0) is 12.4. The van der Waals surface area contributed by atoms with Gasteiger partial charge in [0.05, 0.1) is 4.21 Å². The van der Waals surface area contributed by atoms with Crippen LogP contribution < -0.4 is 0 Å². The summed E-state index contributed by atoms with van der Waals surface area (Å²) in [7, 11) is 0. The highest BCUT2D eigenvalue weighted by molar-refractivity contribution is 7.83. The molecular formula is C16H12S2. The van der Waals surface area contributed by atoms with E-state index >= 15 is 0 Å². The molecule has 3 aromatic rings. The minimum Gasteiger partial charge on any atom is -0.137 e. The second-order valence-corrected chi connectivity index (χ2v) is 5.72. The fourth-order valence-corrected chi connectivity index (χ4v) is 3.11. The smallest absolute Gasteiger partial charge is 0.0646 e. The van der Waals surface area contributed by atoms with Gasteiger partial charge in [-0.15, -0.1) is 24.0 Å². The average Bonchev–Trinajstić information content (AvgIpc) is 2.86. The van der Waals surface area contributed by atoms with Crippen LogP contribution in [0.3, 0.4) is 0 Å². The number of thiol groups is 1. The van der Waals surface area contributed by atoms with Gasteiger partial charge in [-0.1, -0.05) is 54.6 Å². The molecule has 0 fully saturated rings. The SMILES string of the molecule is Sc1sccc1-c1ccccc1-c1ccccc1. The Hall–Kier alpha value is -1.51. The molecule has 0 unspecified atom stereocenters. The molecule has 0 amide bonds. The van der Waals surface area contributed by atoms with Gasteiger partial charge in [0.15, 0.2) is 0 Å². The number of hydrogen-bond acceptors (Lipinski definition) is 2. The van der Waals surface area contributed by atoms with E-state index in [-0.39, 0.29) is 0 Å². The molecule has 0 saturated carbocycles. The molecule has 1 heterocycles. The first-order chi connectivity index (χ1) is 8.86. The van der Waals surface area contributed by atoms with Gasteiger partial charge in [-0.2, -0.15) is 0 Å². The van der Waals surface area contributed by atoms with E-state index in [0.717, 1.165) is 4.21 Å². The van der Waals surface area contributed by atoms with Gasteiger partial charge >= 0.3 is 0 Å². The largest absolute Gasteiger partial charge is 0.137 e. The van der Waals surface area contributed by atoms with E-state index < -0.39 is 0 Å². The van der Waals surface area contributed by atoms with Crippen LogP contribution >= 0.6 is 24.0 Å². The van der Waals surface area contributed by atoms with Crippen LogP contribution in [0, 0.1) is 0 Å². The van der Waals surface area contributed by atoms with E-state index in [4.69, 9.17) is 0 Å². The molecule has 0 aliphatic heterocycles. The Morgan fingerprint density at radius 1 is 0.667 bits per heavy atom. The van der Waals surface area contributed by atoms with Gasteiger partial charge < -0.3 is 0 Å². The second-order valence-electron chi connectivity index (χ2n) is 4.05. The monoisotopic (exact) mass is 268 g/mol. The lowest BCUT2D eigenvalue weighted by Gasteiger charge is -2.09. The van der Waals surface area contributed by atoms with Gasteiger partial charge in [0, 0.05) is 5.56 Å². The zero-order valence-corrected chi connectivity index (χ0v) is 11.4. The Balaban J connectivity index is 2.21. The lowest BCUT2D eigenvalue weighted by Crippen LogP contribution is -1.83. The molecule has 0 N–H and O–H groups in total. The van der Waals surface area contributed by atoms with Crippen molar-refractivity contribution in [3.8, 4) is 22.3 Å². The van der Waals surface area contributed by atoms with E-state index in [1.54, 1.807) is 11.3 Å². The van der Waals surface area contributed by atoms with Crippen molar-refractivity contribution < 1.29 is 0 Å². The van der Waals surface area contributed by atoms with Crippen molar-refractivity contribution in [3.63, 3.8) is 0 Å². The van der Waals surface area contributed by atoms with Crippen LogP contribution in [0.5, 0.6) is 0 Å². The quantitative estimate of drug-likeness (QED) is 0.593. The Labute approximate surface area is 116 Å². The summed E-state index contributed by atoms with van der Waals surface area (Å²) in [6.07, 6.45) is 0. The summed E-state index contributed by atoms with van der Waals surface area (Å²) in [4.78, 5) is 0. The molecule has 1 aromatic heterocycles. The Kier molecular flexibility index (Phi) is 3.22. The van der Waals surface area contributed by atoms with Crippen LogP contribution in [0.15, 0.2) is 70.3 Å². The molecule has 0 atom stereocenters. The summed E-state index contributed by atoms with van der Waals surface area (Å²) in [6, 6.07) is 21.1. The predicted molar refractivity (Wildman–Crippen MR) is 82.4 cm³/mol. The maximum absolute atomic E-state index is 4.54. The number of benzene rings is 2. The minimum atomic E-state index is 1.07. The van der Waals surface area contributed by atoms with Crippen LogP contribution in [0.25, 0.3) is 22.3 Å². The normalized spacial score (nSPS) is 10.5. The third-order valence-corrected chi connectivity index (χ3v) is 4.22. The fraction of sp³-hybridized carbons (Fsp3) is 0. The number of thiophene rings is 1. The lowest BCUT2D eigenvalue weighted by atomic mass is 9.96. The molecule has 3 rings (SSSR count). The molecule has 88 valence electrons. The van der Waals surface area contributed by atoms with Crippen molar-refractivity contribution >= 4 is 24.0 Å². The van der Waals surface area contributed by atoms with Crippen molar-refractivity contribution in [2.75, 3.05) is 0 Å². The Morgan fingerprint density at radius 3 is 2.00 bits per heavy atom. The van der Waals surface area contributed by atoms with E-state index in [0.29, 0.717) is 0 Å². The predicted octanol–water partition coefficient (Wildman–Crippen LogP) is 5.37. The van der Waals surface area contributed by atoms with Crippen molar-refractivity contribution in [2.45, 2.75) is 4.21 Å². The summed E-state index contributed by atoms with van der Waals surface area (Å²) in [5.74, 6) is 0. The first-order valence-electron chi connectivity index (χ1n) is 5.77. The maximum atomic E-state index is 4.54. The third-order valence-electron chi connectivity index (χ3n) is 2.95. The molecular weight excluding hydrogens is 256 g/mol. The molecule has 0 saturated heterocycles. The van der Waals surface area contributed by atoms with E-state index in [9.17, 15) is 0 Å². The highest BCUT2D eigenvalue weighted by atomic mass is 32.2. The van der Waals surface area contributed by atoms with Crippen LogP contribution in [-0.2, 0) is 0 Å². The Bertz CT molecular complexity index is 654. The van der Waals surface area contributed by atoms with Gasteiger partial charge in [-0.3, -0.25) is 0 Å². The summed E-state index contributed by atoms with van der Waals surface area (Å²) in [5, 5.41) is 2.08. The average molecular weight is 268 g/mol. The minimum absolute atomic E-state index is 1.07. The molecule has 0 radical (unpaired) electrons. The summed E-state index contributed by atoms with van der Waals surface area (Å²) in [6.45, 7) is 0. The summed E-state index contributed by atoms with van der Waals surface area (Å²) >= 11 is 6.21. The first-order valence-corrected chi connectivity index (χ1v) is 7.10. The maximum Gasteiger partial charge on any atom is 0.0646 e. The number of rotatable bonds is 2. The van der Waals surface area contributed by atoms with Crippen LogP contribution in [-0.4, -0.2) is 0 Å². The van der Waals surface area contributed by atoms with E-state index in [1.165, 1.54) is 22.3 Å². The molecule has 0 nitrogen and oxygen atoms in total. The second kappa shape index (κ2) is 5.01. The zero-order valence-electron chi connectivity index (χ0n) is 9.71. The van der Waals surface area contributed by atoms with Gasteiger partial charge in [-0.25, -0.2) is 0 Å². The van der Waals surface area contributed by atoms with Gasteiger partial charge in [-0.05, 0) is 28.1 Å². The van der Waals surface area contributed by atoms with Crippen molar-refractivity contribution in [3.05, 3.63) is 66.0 Å². The molecule has 0 aliphatic rings. The van der Waals surface area contributed by atoms with Gasteiger partial charge in [0.25, 0.3) is 0 Å². The molecule has 0 spiro atoms. The van der Waals surface area contributed by atoms with Crippen LogP contribution in [0.1, 0.15) is 0 Å². The number of hydrogen-bond donors (Lipinski definition) is 1. The topological polar surface area (TPSA) is 0 Å². The molecule has 0 bridgehead atoms. The summed E-state index contributed by atoms with van der Waals surface area (Å²) in [5.41, 5.74) is 4.96. The first kappa shape index (κ1) is 11.6. The summed E-state index contributed by atoms with van der Waals surface area (Å²) < 4.78 is 1.07. The van der Waals surface area contributed by atoms with Crippen molar-refractivity contribution in [2.24, 2.45) is 0 Å². The lowest BCUT2D eigenvalue weighted by molar-refractivity contribution is 1.57. The van der Waals surface area contributed by atoms with Crippen LogP contribution in [0.4, 0.5) is 0 Å². The van der Waals surface area contributed by atoms with Gasteiger partial charge in [0.2, 0.25) is 0 Å².